The van der Waals surface area contributed by atoms with Crippen molar-refractivity contribution in [3.63, 3.8) is 0 Å². The Morgan fingerprint density at radius 3 is 1.57 bits per heavy atom. The van der Waals surface area contributed by atoms with Crippen molar-refractivity contribution in [1.82, 2.24) is 26.6 Å². The number of rotatable bonds is 28. The van der Waals surface area contributed by atoms with Crippen LogP contribution in [-0.2, 0) is 52.1 Å². The van der Waals surface area contributed by atoms with E-state index in [2.05, 4.69) is 47.2 Å². The van der Waals surface area contributed by atoms with Gasteiger partial charge in [0.2, 0.25) is 29.5 Å². The number of benzene rings is 5. The highest BCUT2D eigenvalue weighted by atomic mass is 16.6. The van der Waals surface area contributed by atoms with Crippen molar-refractivity contribution in [3.05, 3.63) is 154 Å². The molecule has 5 unspecified atom stereocenters. The molecule has 5 atom stereocenters. The predicted molar refractivity (Wildman–Crippen MR) is 328 cm³/mol. The van der Waals surface area contributed by atoms with Gasteiger partial charge in [0.25, 0.3) is 5.91 Å². The summed E-state index contributed by atoms with van der Waals surface area (Å²) in [7, 11) is 1.47. The highest BCUT2D eigenvalue weighted by Gasteiger charge is 2.54. The Balaban J connectivity index is 1.18. The Morgan fingerprint density at radius 2 is 1.08 bits per heavy atom. The average molecular weight is 1190 g/mol. The van der Waals surface area contributed by atoms with Crippen LogP contribution < -0.4 is 64.9 Å². The van der Waals surface area contributed by atoms with Crippen LogP contribution in [0.1, 0.15) is 121 Å². The summed E-state index contributed by atoms with van der Waals surface area (Å²) in [6.45, 7) is 7.82. The number of fused-ring (bicyclic) bond motifs is 6. The monoisotopic (exact) mass is 1190 g/mol. The molecule has 15 N–H and O–H groups in total. The van der Waals surface area contributed by atoms with E-state index in [-0.39, 0.29) is 128 Å². The van der Waals surface area contributed by atoms with E-state index in [9.17, 15) is 38.4 Å². The van der Waals surface area contributed by atoms with Crippen molar-refractivity contribution >= 4 is 70.8 Å². The number of esters is 1. The molecule has 0 saturated heterocycles. The van der Waals surface area contributed by atoms with Crippen molar-refractivity contribution < 1.29 is 52.6 Å². The molecule has 1 spiro atoms. The number of hydrogen-bond donors (Lipinski definition) is 11. The van der Waals surface area contributed by atoms with Gasteiger partial charge in [0.15, 0.2) is 17.5 Å². The number of aryl methyl sites for hydroxylation is 1. The van der Waals surface area contributed by atoms with Gasteiger partial charge in [0, 0.05) is 72.3 Å². The summed E-state index contributed by atoms with van der Waals surface area (Å²) < 4.78 is 18.5. The van der Waals surface area contributed by atoms with Gasteiger partial charge in [-0.15, -0.1) is 0 Å². The summed E-state index contributed by atoms with van der Waals surface area (Å²) in [5.74, 6) is -4.21. The number of nitrogens with zero attached hydrogens (tertiary/aromatic N) is 2. The van der Waals surface area contributed by atoms with Crippen LogP contribution in [0.3, 0.4) is 0 Å². The fourth-order valence-electron chi connectivity index (χ4n) is 10.2. The van der Waals surface area contributed by atoms with Crippen LogP contribution in [0.25, 0.3) is 0 Å². The van der Waals surface area contributed by atoms with Crippen molar-refractivity contribution in [2.24, 2.45) is 44.8 Å². The van der Waals surface area contributed by atoms with Crippen molar-refractivity contribution in [2.45, 2.75) is 115 Å². The Labute approximate surface area is 504 Å². The maximum Gasteiger partial charge on any atom is 0.408 e. The summed E-state index contributed by atoms with van der Waals surface area (Å²) >= 11 is 0. The molecule has 0 fully saturated rings. The first-order chi connectivity index (χ1) is 41.6. The van der Waals surface area contributed by atoms with E-state index < -0.39 is 71.4 Å². The lowest BCUT2D eigenvalue weighted by Crippen LogP contribution is -2.53. The number of ether oxygens (including phenoxy) is 3. The predicted octanol–water partition coefficient (Wildman–Crippen LogP) is 5.07. The van der Waals surface area contributed by atoms with Crippen LogP contribution in [0.4, 0.5) is 16.2 Å². The molecule has 0 saturated carbocycles. The summed E-state index contributed by atoms with van der Waals surface area (Å²) in [5, 5.41) is 19.6. The number of nitrogens with two attached hydrogens (primary N) is 4. The largest absolute Gasteiger partial charge is 0.456 e. The maximum absolute atomic E-state index is 14.5. The van der Waals surface area contributed by atoms with E-state index in [0.29, 0.717) is 23.1 Å². The van der Waals surface area contributed by atoms with Crippen LogP contribution in [0.2, 0.25) is 0 Å². The third-order valence-electron chi connectivity index (χ3n) is 14.4. The SMILES string of the molecule is CNC(=O)c1ccc2c(c1)C1(OC2=O)c2ccc(NC(=O)C(CCCN=C(N)N)NC(=O)C(CC(C)C)NC(=O)CCc3ccccc3)cc2Oc2cc(NC(=O)C(CCCN=C(N)N)NC(=O)C(CC(C)C)NC(=O)OCc3ccccc3)ccc21. The van der Waals surface area contributed by atoms with Crippen LogP contribution in [0.5, 0.6) is 11.5 Å². The second-order valence-electron chi connectivity index (χ2n) is 22.1. The van der Waals surface area contributed by atoms with E-state index in [1.54, 1.807) is 54.6 Å². The number of hydrogen-bond acceptors (Lipinski definition) is 13. The molecule has 24 nitrogen and oxygen atoms in total. The van der Waals surface area contributed by atoms with Crippen LogP contribution in [0.15, 0.2) is 125 Å². The molecule has 24 heteroatoms. The minimum absolute atomic E-state index is 0.0130. The number of anilines is 2. The molecular formula is C63H77N13O11. The standard InChI is InChI=1S/C63H77N13O11/c1-36(2)30-49(73-53(77)27-20-38-14-8-6-9-15-38)57(81)74-47(18-12-28-69-60(64)65)55(79)71-41-22-25-44-51(33-41)86-52-34-42(23-26-45(52)63(44)46-32-40(54(78)68-5)21-24-43(46)59(83)87-63)72-56(80)48(19-13-29-70-61(66)67)75-58(82)50(31-37(3)4)76-62(84)85-35-39-16-10-7-11-17-39/h6-11,14-17,21-26,32-34,36-37,47-50H,12-13,18-20,27-31,35H2,1-5H3,(H,68,78)(H,71,79)(H,72,80)(H,73,77)(H,74,81)(H,75,82)(H,76,84)(H4,64,65,69)(H4,66,67,70). The van der Waals surface area contributed by atoms with Gasteiger partial charge in [-0.25, -0.2) is 9.59 Å². The molecule has 7 rings (SSSR count). The van der Waals surface area contributed by atoms with Crippen molar-refractivity contribution in [2.75, 3.05) is 30.8 Å². The number of amides is 7. The molecule has 5 aromatic carbocycles. The number of alkyl carbamates (subject to hydrolysis) is 1. The number of aliphatic imine (C=N–C) groups is 2. The van der Waals surface area contributed by atoms with Crippen LogP contribution >= 0.6 is 0 Å². The summed E-state index contributed by atoms with van der Waals surface area (Å²) in [5.41, 5.74) is 24.0. The molecule has 2 heterocycles. The Morgan fingerprint density at radius 1 is 0.575 bits per heavy atom. The minimum atomic E-state index is -1.76. The number of nitrogens with one attached hydrogen (secondary N) is 7. The molecule has 0 radical (unpaired) electrons. The molecule has 2 aliphatic heterocycles. The lowest BCUT2D eigenvalue weighted by Gasteiger charge is -2.37. The average Bonchev–Trinajstić information content (AvgIpc) is 3.36. The third-order valence-corrected chi connectivity index (χ3v) is 14.4. The molecule has 5 aromatic rings. The lowest BCUT2D eigenvalue weighted by molar-refractivity contribution is -0.131. The number of guanidine groups is 2. The first-order valence-electron chi connectivity index (χ1n) is 28.8. The second-order valence-corrected chi connectivity index (χ2v) is 22.1. The van der Waals surface area contributed by atoms with E-state index in [4.69, 9.17) is 37.1 Å². The number of carbonyl (C=O) groups is 8. The van der Waals surface area contributed by atoms with E-state index in [0.717, 1.165) is 11.1 Å². The van der Waals surface area contributed by atoms with E-state index in [1.807, 2.05) is 64.1 Å². The zero-order valence-electron chi connectivity index (χ0n) is 49.4. The Bertz CT molecular complexity index is 3190. The van der Waals surface area contributed by atoms with Crippen molar-refractivity contribution in [3.8, 4) is 11.5 Å². The molecule has 0 bridgehead atoms. The van der Waals surface area contributed by atoms with Gasteiger partial charge in [-0.1, -0.05) is 88.4 Å². The summed E-state index contributed by atoms with van der Waals surface area (Å²) in [4.78, 5) is 119. The quantitative estimate of drug-likeness (QED) is 0.0135. The van der Waals surface area contributed by atoms with Gasteiger partial charge in [-0.3, -0.25) is 38.8 Å². The molecule has 2 aliphatic rings. The molecular weight excluding hydrogens is 1110 g/mol. The normalized spacial score (nSPS) is 14.9. The van der Waals surface area contributed by atoms with Gasteiger partial charge in [0.05, 0.1) is 5.56 Å². The van der Waals surface area contributed by atoms with Crippen LogP contribution in [0, 0.1) is 11.8 Å². The zero-order chi connectivity index (χ0) is 62.8. The summed E-state index contributed by atoms with van der Waals surface area (Å²) in [6.07, 6.45) is 0.915. The summed E-state index contributed by atoms with van der Waals surface area (Å²) in [6, 6.07) is 28.0. The van der Waals surface area contributed by atoms with Gasteiger partial charge in [-0.05, 0) is 110 Å². The van der Waals surface area contributed by atoms with Gasteiger partial charge >= 0.3 is 12.1 Å². The maximum atomic E-state index is 14.5. The highest BCUT2D eigenvalue weighted by Crippen LogP contribution is 2.57. The fraction of sp³-hybridized carbons (Fsp3) is 0.365. The van der Waals surface area contributed by atoms with Crippen molar-refractivity contribution in [1.29, 1.82) is 0 Å². The molecule has 460 valence electrons. The van der Waals surface area contributed by atoms with E-state index in [1.165, 1.54) is 31.3 Å². The Hall–Kier alpha value is -10.0. The topological polar surface area (TPSA) is 377 Å². The van der Waals surface area contributed by atoms with Gasteiger partial charge in [0.1, 0.15) is 42.3 Å². The van der Waals surface area contributed by atoms with Gasteiger partial charge in [-0.2, -0.15) is 0 Å². The smallest absolute Gasteiger partial charge is 0.408 e. The Kier molecular flexibility index (Phi) is 22.4. The first-order valence-corrected chi connectivity index (χ1v) is 28.8. The van der Waals surface area contributed by atoms with Crippen LogP contribution in [-0.4, -0.2) is 104 Å². The molecule has 0 aromatic heterocycles. The zero-order valence-corrected chi connectivity index (χ0v) is 49.4. The third kappa shape index (κ3) is 17.5. The molecule has 87 heavy (non-hydrogen) atoms. The number of carbonyl (C=O) groups excluding carboxylic acids is 8. The fourth-order valence-corrected chi connectivity index (χ4v) is 10.2. The molecule has 0 aliphatic carbocycles. The molecule has 7 amide bonds. The van der Waals surface area contributed by atoms with E-state index >= 15 is 0 Å². The second kappa shape index (κ2) is 30.2. The minimum Gasteiger partial charge on any atom is -0.456 e. The van der Waals surface area contributed by atoms with Gasteiger partial charge < -0.3 is 74.4 Å². The highest BCUT2D eigenvalue weighted by molar-refractivity contribution is 6.02. The first kappa shape index (κ1) is 64.6. The lowest BCUT2D eigenvalue weighted by atomic mass is 9.77.